The van der Waals surface area contributed by atoms with Gasteiger partial charge in [-0.15, -0.1) is 0 Å². The second kappa shape index (κ2) is 5.67. The number of halogens is 3. The molecule has 0 heterocycles. The first-order chi connectivity index (χ1) is 7.95. The number of hydrogen-bond acceptors (Lipinski definition) is 2. The van der Waals surface area contributed by atoms with Crippen molar-refractivity contribution >= 4 is 5.91 Å². The largest absolute Gasteiger partial charge is 0.416 e. The number of aliphatic hydroxyl groups excluding tert-OH is 1. The van der Waals surface area contributed by atoms with Crippen molar-refractivity contribution in [2.75, 3.05) is 13.2 Å². The van der Waals surface area contributed by atoms with E-state index >= 15 is 0 Å². The van der Waals surface area contributed by atoms with E-state index in [0.29, 0.717) is 6.42 Å². The van der Waals surface area contributed by atoms with Gasteiger partial charge in [-0.25, -0.2) is 0 Å². The summed E-state index contributed by atoms with van der Waals surface area (Å²) >= 11 is 0. The molecule has 1 aromatic rings. The van der Waals surface area contributed by atoms with Gasteiger partial charge in [0, 0.05) is 18.7 Å². The number of carbonyl (C=O) groups excluding carboxylic acids is 1. The second-order valence-corrected chi connectivity index (χ2v) is 3.41. The average Bonchev–Trinajstić information content (AvgIpc) is 2.28. The van der Waals surface area contributed by atoms with E-state index in [2.05, 4.69) is 5.32 Å². The lowest BCUT2D eigenvalue weighted by molar-refractivity contribution is -0.137. The highest BCUT2D eigenvalue weighted by atomic mass is 19.4. The average molecular weight is 247 g/mol. The maximum absolute atomic E-state index is 12.2. The van der Waals surface area contributed by atoms with E-state index in [1.165, 1.54) is 0 Å². The van der Waals surface area contributed by atoms with Crippen molar-refractivity contribution < 1.29 is 23.1 Å². The van der Waals surface area contributed by atoms with Gasteiger partial charge in [-0.2, -0.15) is 13.2 Å². The number of alkyl halides is 3. The summed E-state index contributed by atoms with van der Waals surface area (Å²) < 4.78 is 36.7. The molecule has 94 valence electrons. The number of hydrogen-bond donors (Lipinski definition) is 2. The van der Waals surface area contributed by atoms with Crippen LogP contribution in [0.15, 0.2) is 24.3 Å². The molecule has 0 spiro atoms. The molecule has 0 unspecified atom stereocenters. The maximum atomic E-state index is 12.2. The lowest BCUT2D eigenvalue weighted by Crippen LogP contribution is -2.25. The Morgan fingerprint density at radius 1 is 1.24 bits per heavy atom. The third kappa shape index (κ3) is 4.07. The van der Waals surface area contributed by atoms with Gasteiger partial charge in [0.05, 0.1) is 5.56 Å². The van der Waals surface area contributed by atoms with Crippen LogP contribution in [0.4, 0.5) is 13.2 Å². The summed E-state index contributed by atoms with van der Waals surface area (Å²) in [6, 6.07) is 3.97. The first-order valence-corrected chi connectivity index (χ1v) is 5.01. The molecule has 0 radical (unpaired) electrons. The van der Waals surface area contributed by atoms with E-state index in [0.717, 1.165) is 24.3 Å². The Balaban J connectivity index is 2.64. The molecule has 0 fully saturated rings. The van der Waals surface area contributed by atoms with Crippen LogP contribution in [-0.4, -0.2) is 24.2 Å². The van der Waals surface area contributed by atoms with Crippen molar-refractivity contribution in [3.63, 3.8) is 0 Å². The highest BCUT2D eigenvalue weighted by Crippen LogP contribution is 2.28. The predicted octanol–water partition coefficient (Wildman–Crippen LogP) is 1.82. The van der Waals surface area contributed by atoms with Crippen LogP contribution in [0.25, 0.3) is 0 Å². The van der Waals surface area contributed by atoms with Gasteiger partial charge in [-0.05, 0) is 30.7 Å². The maximum Gasteiger partial charge on any atom is 0.416 e. The van der Waals surface area contributed by atoms with Crippen molar-refractivity contribution in [1.82, 2.24) is 5.32 Å². The summed E-state index contributed by atoms with van der Waals surface area (Å²) in [6.07, 6.45) is -3.99. The molecule has 0 saturated carbocycles. The molecule has 0 saturated heterocycles. The Hall–Kier alpha value is -1.56. The lowest BCUT2D eigenvalue weighted by Gasteiger charge is -2.08. The van der Waals surface area contributed by atoms with Crippen LogP contribution in [0.3, 0.4) is 0 Å². The van der Waals surface area contributed by atoms with Gasteiger partial charge in [0.25, 0.3) is 5.91 Å². The quantitative estimate of drug-likeness (QED) is 0.797. The van der Waals surface area contributed by atoms with Gasteiger partial charge in [0.15, 0.2) is 0 Å². The molecule has 0 bridgehead atoms. The van der Waals surface area contributed by atoms with Crippen molar-refractivity contribution in [3.8, 4) is 0 Å². The van der Waals surface area contributed by atoms with E-state index < -0.39 is 17.6 Å². The van der Waals surface area contributed by atoms with Crippen molar-refractivity contribution in [2.45, 2.75) is 12.6 Å². The summed E-state index contributed by atoms with van der Waals surface area (Å²) in [5, 5.41) is 11.0. The third-order valence-corrected chi connectivity index (χ3v) is 2.09. The summed E-state index contributed by atoms with van der Waals surface area (Å²) in [6.45, 7) is 0.240. The van der Waals surface area contributed by atoms with Gasteiger partial charge in [0.1, 0.15) is 0 Å². The Labute approximate surface area is 96.3 Å². The fourth-order valence-electron chi connectivity index (χ4n) is 1.19. The van der Waals surface area contributed by atoms with Gasteiger partial charge in [-0.3, -0.25) is 4.79 Å². The SMILES string of the molecule is O=C(NCCCO)c1ccc(C(F)(F)F)cc1. The summed E-state index contributed by atoms with van der Waals surface area (Å²) in [7, 11) is 0. The first kappa shape index (κ1) is 13.5. The molecule has 1 aromatic carbocycles. The van der Waals surface area contributed by atoms with Crippen LogP contribution in [0.5, 0.6) is 0 Å². The molecule has 6 heteroatoms. The van der Waals surface area contributed by atoms with Gasteiger partial charge >= 0.3 is 6.18 Å². The number of amides is 1. The standard InChI is InChI=1S/C11H12F3NO2/c12-11(13,14)9-4-2-8(3-5-9)10(17)15-6-1-7-16/h2-5,16H,1,6-7H2,(H,15,17). The zero-order valence-electron chi connectivity index (χ0n) is 8.92. The van der Waals surface area contributed by atoms with Crippen LogP contribution in [-0.2, 0) is 6.18 Å². The zero-order chi connectivity index (χ0) is 12.9. The molecule has 1 rings (SSSR count). The molecule has 17 heavy (non-hydrogen) atoms. The minimum Gasteiger partial charge on any atom is -0.396 e. The molecule has 0 aliphatic heterocycles. The normalized spacial score (nSPS) is 11.3. The molecule has 0 atom stereocenters. The highest BCUT2D eigenvalue weighted by molar-refractivity contribution is 5.94. The summed E-state index contributed by atoms with van der Waals surface area (Å²) in [5.74, 6) is -0.452. The van der Waals surface area contributed by atoms with Gasteiger partial charge in [-0.1, -0.05) is 0 Å². The fourth-order valence-corrected chi connectivity index (χ4v) is 1.19. The number of rotatable bonds is 4. The zero-order valence-corrected chi connectivity index (χ0v) is 8.92. The smallest absolute Gasteiger partial charge is 0.396 e. The Morgan fingerprint density at radius 2 is 1.82 bits per heavy atom. The predicted molar refractivity (Wildman–Crippen MR) is 55.5 cm³/mol. The Morgan fingerprint density at radius 3 is 2.29 bits per heavy atom. The van der Waals surface area contributed by atoms with Crippen LogP contribution in [0.2, 0.25) is 0 Å². The number of carbonyl (C=O) groups is 1. The van der Waals surface area contributed by atoms with E-state index in [1.807, 2.05) is 0 Å². The third-order valence-electron chi connectivity index (χ3n) is 2.09. The van der Waals surface area contributed by atoms with E-state index in [9.17, 15) is 18.0 Å². The first-order valence-electron chi connectivity index (χ1n) is 5.01. The molecule has 0 aliphatic rings. The molecule has 0 aliphatic carbocycles. The summed E-state index contributed by atoms with van der Waals surface area (Å²) in [4.78, 5) is 11.4. The van der Waals surface area contributed by atoms with E-state index in [4.69, 9.17) is 5.11 Å². The second-order valence-electron chi connectivity index (χ2n) is 3.41. The van der Waals surface area contributed by atoms with Gasteiger partial charge in [0.2, 0.25) is 0 Å². The molecular formula is C11H12F3NO2. The number of aliphatic hydroxyl groups is 1. The molecule has 2 N–H and O–H groups in total. The van der Waals surface area contributed by atoms with Crippen LogP contribution < -0.4 is 5.32 Å². The van der Waals surface area contributed by atoms with Gasteiger partial charge < -0.3 is 10.4 Å². The van der Waals surface area contributed by atoms with Crippen molar-refractivity contribution in [3.05, 3.63) is 35.4 Å². The Kier molecular flexibility index (Phi) is 4.51. The van der Waals surface area contributed by atoms with Crippen LogP contribution in [0, 0.1) is 0 Å². The molecule has 1 amide bonds. The topological polar surface area (TPSA) is 49.3 Å². The Bertz CT molecular complexity index is 373. The monoisotopic (exact) mass is 247 g/mol. The minimum absolute atomic E-state index is 0.0483. The van der Waals surface area contributed by atoms with E-state index in [1.54, 1.807) is 0 Å². The van der Waals surface area contributed by atoms with Crippen molar-refractivity contribution in [2.24, 2.45) is 0 Å². The van der Waals surface area contributed by atoms with E-state index in [-0.39, 0.29) is 18.7 Å². The number of nitrogens with one attached hydrogen (secondary N) is 1. The molecule has 0 aromatic heterocycles. The molecule has 3 nitrogen and oxygen atoms in total. The minimum atomic E-state index is -4.40. The summed E-state index contributed by atoms with van der Waals surface area (Å²) in [5.41, 5.74) is -0.625. The van der Waals surface area contributed by atoms with Crippen LogP contribution in [0.1, 0.15) is 22.3 Å². The van der Waals surface area contributed by atoms with Crippen molar-refractivity contribution in [1.29, 1.82) is 0 Å². The lowest BCUT2D eigenvalue weighted by atomic mass is 10.1. The molecular weight excluding hydrogens is 235 g/mol. The fraction of sp³-hybridized carbons (Fsp3) is 0.364. The highest BCUT2D eigenvalue weighted by Gasteiger charge is 2.30. The number of benzene rings is 1. The van der Waals surface area contributed by atoms with Crippen LogP contribution >= 0.6 is 0 Å².